The lowest BCUT2D eigenvalue weighted by atomic mass is 10.8. The van der Waals surface area contributed by atoms with Crippen molar-refractivity contribution >= 4 is 7.60 Å². The second-order valence-electron chi connectivity index (χ2n) is 1.21. The molecule has 0 aromatic rings. The first-order chi connectivity index (χ1) is 3.62. The SMILES string of the molecule is C=CCP(=O)(O)ON. The van der Waals surface area contributed by atoms with E-state index in [1.54, 1.807) is 0 Å². The van der Waals surface area contributed by atoms with Crippen LogP contribution in [0.15, 0.2) is 12.7 Å². The zero-order valence-electron chi connectivity index (χ0n) is 4.28. The maximum absolute atomic E-state index is 10.3. The monoisotopic (exact) mass is 137 g/mol. The Morgan fingerprint density at radius 2 is 2.50 bits per heavy atom. The Morgan fingerprint density at radius 1 is 2.00 bits per heavy atom. The Bertz CT molecular complexity index is 124. The smallest absolute Gasteiger partial charge is 0.323 e. The topological polar surface area (TPSA) is 72.5 Å². The Labute approximate surface area is 47.4 Å². The molecule has 0 spiro atoms. The van der Waals surface area contributed by atoms with Gasteiger partial charge in [-0.05, 0) is 0 Å². The summed E-state index contributed by atoms with van der Waals surface area (Å²) in [6.45, 7) is 3.23. The summed E-state index contributed by atoms with van der Waals surface area (Å²) in [5.41, 5.74) is 0. The summed E-state index contributed by atoms with van der Waals surface area (Å²) < 4.78 is 14.0. The first-order valence-electron chi connectivity index (χ1n) is 1.93. The van der Waals surface area contributed by atoms with Gasteiger partial charge in [0.05, 0.1) is 6.16 Å². The van der Waals surface area contributed by atoms with Crippen LogP contribution in [0.25, 0.3) is 0 Å². The molecule has 0 radical (unpaired) electrons. The van der Waals surface area contributed by atoms with Crippen molar-refractivity contribution in [2.45, 2.75) is 0 Å². The lowest BCUT2D eigenvalue weighted by Crippen LogP contribution is -1.97. The highest BCUT2D eigenvalue weighted by Gasteiger charge is 2.13. The normalized spacial score (nSPS) is 17.2. The van der Waals surface area contributed by atoms with Crippen LogP contribution < -0.4 is 5.90 Å². The van der Waals surface area contributed by atoms with Crippen LogP contribution in [-0.2, 0) is 9.19 Å². The van der Waals surface area contributed by atoms with Gasteiger partial charge >= 0.3 is 7.60 Å². The van der Waals surface area contributed by atoms with Crippen molar-refractivity contribution in [3.8, 4) is 0 Å². The van der Waals surface area contributed by atoms with Gasteiger partial charge in [0.25, 0.3) is 0 Å². The minimum absolute atomic E-state index is 0.108. The third kappa shape index (κ3) is 2.93. The summed E-state index contributed by atoms with van der Waals surface area (Å²) in [7, 11) is -3.51. The van der Waals surface area contributed by atoms with Crippen LogP contribution in [0.2, 0.25) is 0 Å². The largest absolute Gasteiger partial charge is 0.347 e. The maximum Gasteiger partial charge on any atom is 0.347 e. The zero-order valence-corrected chi connectivity index (χ0v) is 5.17. The molecule has 0 aliphatic rings. The second-order valence-corrected chi connectivity index (χ2v) is 3.06. The molecule has 0 aromatic carbocycles. The first-order valence-corrected chi connectivity index (χ1v) is 3.70. The van der Waals surface area contributed by atoms with Gasteiger partial charge in [-0.25, -0.2) is 10.5 Å². The summed E-state index contributed by atoms with van der Waals surface area (Å²) in [6.07, 6.45) is 1.16. The van der Waals surface area contributed by atoms with Gasteiger partial charge < -0.3 is 4.89 Å². The van der Waals surface area contributed by atoms with Crippen molar-refractivity contribution in [3.05, 3.63) is 12.7 Å². The van der Waals surface area contributed by atoms with Gasteiger partial charge in [0.2, 0.25) is 0 Å². The van der Waals surface area contributed by atoms with E-state index in [1.165, 1.54) is 6.08 Å². The van der Waals surface area contributed by atoms with Crippen LogP contribution in [-0.4, -0.2) is 11.1 Å². The molecular weight excluding hydrogens is 129 g/mol. The Kier molecular flexibility index (Phi) is 2.94. The van der Waals surface area contributed by atoms with E-state index in [-0.39, 0.29) is 6.16 Å². The molecule has 4 nitrogen and oxygen atoms in total. The Hall–Kier alpha value is -0.150. The third-order valence-electron chi connectivity index (χ3n) is 0.525. The molecule has 0 aliphatic heterocycles. The molecule has 1 unspecified atom stereocenters. The predicted octanol–water partition coefficient (Wildman–Crippen LogP) is 0.248. The highest BCUT2D eigenvalue weighted by atomic mass is 31.2. The van der Waals surface area contributed by atoms with E-state index in [1.807, 2.05) is 0 Å². The summed E-state index contributed by atoms with van der Waals surface area (Å²) in [5.74, 6) is 4.43. The molecule has 0 heterocycles. The van der Waals surface area contributed by atoms with Crippen molar-refractivity contribution in [3.63, 3.8) is 0 Å². The number of allylic oxidation sites excluding steroid dienone is 1. The molecule has 0 saturated heterocycles. The molecule has 0 bridgehead atoms. The van der Waals surface area contributed by atoms with Crippen LogP contribution in [0.3, 0.4) is 0 Å². The minimum atomic E-state index is -3.51. The fourth-order valence-electron chi connectivity index (χ4n) is 0.206. The van der Waals surface area contributed by atoms with E-state index in [4.69, 9.17) is 4.89 Å². The lowest BCUT2D eigenvalue weighted by Gasteiger charge is -2.01. The van der Waals surface area contributed by atoms with Gasteiger partial charge in [-0.15, -0.1) is 6.58 Å². The molecule has 0 rings (SSSR count). The third-order valence-corrected chi connectivity index (χ3v) is 1.57. The van der Waals surface area contributed by atoms with E-state index in [2.05, 4.69) is 17.1 Å². The molecule has 5 heteroatoms. The number of hydrogen-bond acceptors (Lipinski definition) is 3. The van der Waals surface area contributed by atoms with Crippen LogP contribution in [0, 0.1) is 0 Å². The number of nitrogens with two attached hydrogens (primary N) is 1. The van der Waals surface area contributed by atoms with Gasteiger partial charge in [0.1, 0.15) is 0 Å². The average Bonchev–Trinajstić information content (AvgIpc) is 1.67. The van der Waals surface area contributed by atoms with Gasteiger partial charge in [0, 0.05) is 0 Å². The van der Waals surface area contributed by atoms with Crippen molar-refractivity contribution in [2.75, 3.05) is 6.16 Å². The molecular formula is C3H8NO3P. The van der Waals surface area contributed by atoms with Crippen LogP contribution >= 0.6 is 7.60 Å². The quantitative estimate of drug-likeness (QED) is 0.332. The highest BCUT2D eigenvalue weighted by molar-refractivity contribution is 7.52. The molecule has 0 saturated carbocycles. The predicted molar refractivity (Wildman–Crippen MR) is 30.2 cm³/mol. The van der Waals surface area contributed by atoms with E-state index in [0.29, 0.717) is 0 Å². The highest BCUT2D eigenvalue weighted by Crippen LogP contribution is 2.38. The Morgan fingerprint density at radius 3 is 2.62 bits per heavy atom. The summed E-state index contributed by atoms with van der Waals surface area (Å²) in [4.78, 5) is 8.46. The minimum Gasteiger partial charge on any atom is -0.323 e. The average molecular weight is 137 g/mol. The molecule has 0 aromatic heterocycles. The second kappa shape index (κ2) is 2.99. The molecule has 48 valence electrons. The van der Waals surface area contributed by atoms with Crippen molar-refractivity contribution < 1.29 is 14.1 Å². The van der Waals surface area contributed by atoms with Crippen molar-refractivity contribution in [1.82, 2.24) is 0 Å². The van der Waals surface area contributed by atoms with Gasteiger partial charge in [-0.2, -0.15) is 0 Å². The number of rotatable bonds is 3. The Balaban J connectivity index is 3.72. The van der Waals surface area contributed by atoms with E-state index < -0.39 is 7.60 Å². The van der Waals surface area contributed by atoms with Gasteiger partial charge in [0.15, 0.2) is 0 Å². The number of hydrogen-bond donors (Lipinski definition) is 2. The summed E-state index contributed by atoms with van der Waals surface area (Å²) >= 11 is 0. The van der Waals surface area contributed by atoms with Crippen LogP contribution in [0.1, 0.15) is 0 Å². The van der Waals surface area contributed by atoms with Gasteiger partial charge in [-0.3, -0.25) is 4.57 Å². The summed E-state index contributed by atoms with van der Waals surface area (Å²) in [6, 6.07) is 0. The molecule has 0 fully saturated rings. The molecule has 1 atom stereocenters. The van der Waals surface area contributed by atoms with Crippen LogP contribution in [0.4, 0.5) is 0 Å². The first kappa shape index (κ1) is 7.85. The van der Waals surface area contributed by atoms with Crippen LogP contribution in [0.5, 0.6) is 0 Å². The summed E-state index contributed by atoms with van der Waals surface area (Å²) in [5, 5.41) is 0. The van der Waals surface area contributed by atoms with E-state index in [9.17, 15) is 4.57 Å². The molecule has 8 heavy (non-hydrogen) atoms. The molecule has 3 N–H and O–H groups in total. The fraction of sp³-hybridized carbons (Fsp3) is 0.333. The van der Waals surface area contributed by atoms with E-state index >= 15 is 0 Å². The van der Waals surface area contributed by atoms with Crippen molar-refractivity contribution in [1.29, 1.82) is 0 Å². The lowest BCUT2D eigenvalue weighted by molar-refractivity contribution is 0.270. The van der Waals surface area contributed by atoms with E-state index in [0.717, 1.165) is 0 Å². The zero-order chi connectivity index (χ0) is 6.62. The maximum atomic E-state index is 10.3. The standard InChI is InChI=1S/C3H8NO3P/c1-2-3-8(5,6)7-4/h2H,1,3-4H2,(H,5,6). The molecule has 0 amide bonds. The fourth-order valence-corrected chi connectivity index (χ4v) is 0.619. The molecule has 0 aliphatic carbocycles. The van der Waals surface area contributed by atoms with Gasteiger partial charge in [-0.1, -0.05) is 6.08 Å². The van der Waals surface area contributed by atoms with Crippen molar-refractivity contribution in [2.24, 2.45) is 5.90 Å².